The SMILES string of the molecule is NC(=O)C1(c2nccc3nc(-c4c(Cl)cccc4Cl)sc23)CC1F. The predicted octanol–water partition coefficient (Wildman–Crippen LogP) is 4.13. The maximum atomic E-state index is 14.0. The van der Waals surface area contributed by atoms with Crippen LogP contribution in [0.2, 0.25) is 10.0 Å². The van der Waals surface area contributed by atoms with Gasteiger partial charge in [-0.05, 0) is 18.2 Å². The van der Waals surface area contributed by atoms with Crippen LogP contribution >= 0.6 is 34.5 Å². The van der Waals surface area contributed by atoms with Crippen LogP contribution in [-0.2, 0) is 10.2 Å². The maximum Gasteiger partial charge on any atom is 0.232 e. The molecule has 24 heavy (non-hydrogen) atoms. The summed E-state index contributed by atoms with van der Waals surface area (Å²) in [4.78, 5) is 20.6. The lowest BCUT2D eigenvalue weighted by Gasteiger charge is -2.10. The quantitative estimate of drug-likeness (QED) is 0.741. The third kappa shape index (κ3) is 2.13. The first-order valence-corrected chi connectivity index (χ1v) is 8.67. The molecule has 3 aromatic rings. The highest BCUT2D eigenvalue weighted by Crippen LogP contribution is 2.53. The highest BCUT2D eigenvalue weighted by Gasteiger charge is 2.63. The first-order chi connectivity index (χ1) is 11.4. The van der Waals surface area contributed by atoms with Crippen molar-refractivity contribution in [1.29, 1.82) is 0 Å². The van der Waals surface area contributed by atoms with Crippen LogP contribution in [0, 0.1) is 0 Å². The summed E-state index contributed by atoms with van der Waals surface area (Å²) in [7, 11) is 0. The molecule has 1 aliphatic rings. The highest BCUT2D eigenvalue weighted by molar-refractivity contribution is 7.22. The summed E-state index contributed by atoms with van der Waals surface area (Å²) < 4.78 is 14.6. The van der Waals surface area contributed by atoms with Gasteiger partial charge >= 0.3 is 0 Å². The summed E-state index contributed by atoms with van der Waals surface area (Å²) in [6.07, 6.45) is 0.238. The average Bonchev–Trinajstić information content (AvgIpc) is 3.03. The number of hydrogen-bond acceptors (Lipinski definition) is 4. The predicted molar refractivity (Wildman–Crippen MR) is 93.3 cm³/mol. The van der Waals surface area contributed by atoms with Crippen LogP contribution in [0.4, 0.5) is 4.39 Å². The van der Waals surface area contributed by atoms with Crippen molar-refractivity contribution >= 4 is 50.7 Å². The Morgan fingerprint density at radius 1 is 1.33 bits per heavy atom. The lowest BCUT2D eigenvalue weighted by molar-refractivity contribution is -0.120. The molecule has 1 fully saturated rings. The van der Waals surface area contributed by atoms with E-state index in [4.69, 9.17) is 28.9 Å². The molecule has 1 aliphatic carbocycles. The van der Waals surface area contributed by atoms with Crippen molar-refractivity contribution < 1.29 is 9.18 Å². The number of carbonyl (C=O) groups excluding carboxylic acids is 1. The molecule has 1 aromatic carbocycles. The monoisotopic (exact) mass is 381 g/mol. The lowest BCUT2D eigenvalue weighted by Crippen LogP contribution is -2.31. The zero-order chi connectivity index (χ0) is 17.1. The summed E-state index contributed by atoms with van der Waals surface area (Å²) in [6.45, 7) is 0. The molecule has 0 saturated heterocycles. The summed E-state index contributed by atoms with van der Waals surface area (Å²) in [5.74, 6) is -0.708. The van der Waals surface area contributed by atoms with Gasteiger partial charge in [-0.3, -0.25) is 9.78 Å². The molecule has 2 N–H and O–H groups in total. The minimum absolute atomic E-state index is 0.0501. The van der Waals surface area contributed by atoms with Crippen molar-refractivity contribution in [2.75, 3.05) is 0 Å². The van der Waals surface area contributed by atoms with Gasteiger partial charge < -0.3 is 5.73 Å². The molecular weight excluding hydrogens is 372 g/mol. The Kier molecular flexibility index (Phi) is 3.53. The van der Waals surface area contributed by atoms with E-state index in [2.05, 4.69) is 9.97 Å². The second kappa shape index (κ2) is 5.37. The van der Waals surface area contributed by atoms with Gasteiger partial charge in [0, 0.05) is 18.2 Å². The van der Waals surface area contributed by atoms with E-state index in [1.807, 2.05) is 0 Å². The van der Waals surface area contributed by atoms with E-state index in [9.17, 15) is 9.18 Å². The van der Waals surface area contributed by atoms with Crippen molar-refractivity contribution in [2.24, 2.45) is 5.73 Å². The van der Waals surface area contributed by atoms with E-state index in [1.54, 1.807) is 24.3 Å². The molecule has 8 heteroatoms. The Morgan fingerprint density at radius 3 is 2.58 bits per heavy atom. The Labute approximate surface area is 150 Å². The van der Waals surface area contributed by atoms with Gasteiger partial charge in [0.15, 0.2) is 0 Å². The first kappa shape index (κ1) is 15.7. The van der Waals surface area contributed by atoms with Crippen LogP contribution in [0.1, 0.15) is 12.1 Å². The molecule has 0 radical (unpaired) electrons. The third-order valence-electron chi connectivity index (χ3n) is 4.22. The van der Waals surface area contributed by atoms with Crippen LogP contribution in [0.5, 0.6) is 0 Å². The zero-order valence-electron chi connectivity index (χ0n) is 12.1. The number of halogens is 3. The van der Waals surface area contributed by atoms with Crippen molar-refractivity contribution in [3.63, 3.8) is 0 Å². The second-order valence-corrected chi connectivity index (χ2v) is 7.44. The lowest BCUT2D eigenvalue weighted by atomic mass is 10.0. The molecule has 2 atom stereocenters. The number of pyridine rings is 1. The number of fused-ring (bicyclic) bond motifs is 1. The molecule has 122 valence electrons. The fourth-order valence-corrected chi connectivity index (χ4v) is 4.72. The topological polar surface area (TPSA) is 68.9 Å². The van der Waals surface area contributed by atoms with E-state index in [0.29, 0.717) is 36.5 Å². The number of carbonyl (C=O) groups is 1. The standard InChI is InChI=1S/C16H10Cl2FN3OS/c17-7-2-1-3-8(18)11(7)14-22-9-4-5-21-13(12(9)24-14)16(15(20)23)6-10(16)19/h1-5,10H,6H2,(H2,20,23). The van der Waals surface area contributed by atoms with Crippen LogP contribution in [-0.4, -0.2) is 22.0 Å². The van der Waals surface area contributed by atoms with Gasteiger partial charge in [0.25, 0.3) is 0 Å². The van der Waals surface area contributed by atoms with Crippen LogP contribution in [0.15, 0.2) is 30.5 Å². The first-order valence-electron chi connectivity index (χ1n) is 7.09. The number of alkyl halides is 1. The number of amides is 1. The van der Waals surface area contributed by atoms with Gasteiger partial charge in [-0.1, -0.05) is 29.3 Å². The number of nitrogens with two attached hydrogens (primary N) is 1. The van der Waals surface area contributed by atoms with Gasteiger partial charge in [0.05, 0.1) is 26.0 Å². The molecule has 0 bridgehead atoms. The van der Waals surface area contributed by atoms with Crippen molar-refractivity contribution in [3.8, 4) is 10.6 Å². The number of nitrogens with zero attached hydrogens (tertiary/aromatic N) is 2. The molecular formula is C16H10Cl2FN3OS. The third-order valence-corrected chi connectivity index (χ3v) is 5.94. The molecule has 0 aliphatic heterocycles. The Balaban J connectivity index is 1.95. The zero-order valence-corrected chi connectivity index (χ0v) is 14.4. The molecule has 0 spiro atoms. The van der Waals surface area contributed by atoms with Gasteiger partial charge in [0.1, 0.15) is 16.6 Å². The number of hydrogen-bond donors (Lipinski definition) is 1. The van der Waals surface area contributed by atoms with Crippen molar-refractivity contribution in [2.45, 2.75) is 18.0 Å². The average molecular weight is 382 g/mol. The largest absolute Gasteiger partial charge is 0.369 e. The Morgan fingerprint density at radius 2 is 2.00 bits per heavy atom. The fraction of sp³-hybridized carbons (Fsp3) is 0.188. The second-order valence-electron chi connectivity index (χ2n) is 5.63. The molecule has 2 heterocycles. The van der Waals surface area contributed by atoms with E-state index in [0.717, 1.165) is 0 Å². The Bertz CT molecular complexity index is 972. The minimum atomic E-state index is -1.35. The van der Waals surface area contributed by atoms with E-state index in [1.165, 1.54) is 17.5 Å². The molecule has 4 nitrogen and oxygen atoms in total. The molecule has 1 saturated carbocycles. The maximum absolute atomic E-state index is 14.0. The minimum Gasteiger partial charge on any atom is -0.369 e. The number of thiazole rings is 1. The molecule has 2 unspecified atom stereocenters. The summed E-state index contributed by atoms with van der Waals surface area (Å²) in [6, 6.07) is 6.89. The fourth-order valence-electron chi connectivity index (χ4n) is 2.82. The van der Waals surface area contributed by atoms with Gasteiger partial charge in [-0.2, -0.15) is 0 Å². The normalized spacial score (nSPS) is 22.7. The number of aromatic nitrogens is 2. The van der Waals surface area contributed by atoms with Crippen LogP contribution in [0.3, 0.4) is 0 Å². The molecule has 4 rings (SSSR count). The van der Waals surface area contributed by atoms with Crippen LogP contribution in [0.25, 0.3) is 20.8 Å². The number of rotatable bonds is 3. The summed E-state index contributed by atoms with van der Waals surface area (Å²) in [5, 5.41) is 1.52. The van der Waals surface area contributed by atoms with Crippen molar-refractivity contribution in [1.82, 2.24) is 9.97 Å². The van der Waals surface area contributed by atoms with E-state index in [-0.39, 0.29) is 6.42 Å². The van der Waals surface area contributed by atoms with Gasteiger partial charge in [-0.25, -0.2) is 9.37 Å². The highest BCUT2D eigenvalue weighted by atomic mass is 35.5. The summed E-state index contributed by atoms with van der Waals surface area (Å²) >= 11 is 13.8. The smallest absolute Gasteiger partial charge is 0.232 e. The van der Waals surface area contributed by atoms with Gasteiger partial charge in [0.2, 0.25) is 5.91 Å². The van der Waals surface area contributed by atoms with Crippen LogP contribution < -0.4 is 5.73 Å². The summed E-state index contributed by atoms with van der Waals surface area (Å²) in [5.41, 5.74) is 5.63. The molecule has 2 aromatic heterocycles. The van der Waals surface area contributed by atoms with E-state index < -0.39 is 17.5 Å². The van der Waals surface area contributed by atoms with E-state index >= 15 is 0 Å². The number of benzene rings is 1. The van der Waals surface area contributed by atoms with Crippen molar-refractivity contribution in [3.05, 3.63) is 46.2 Å². The Hall–Kier alpha value is -1.76. The molecule has 1 amide bonds. The van der Waals surface area contributed by atoms with Gasteiger partial charge in [-0.15, -0.1) is 11.3 Å². The number of primary amides is 1.